The Balaban J connectivity index is 1.40. The molecule has 29 heavy (non-hydrogen) atoms. The number of fused-ring (bicyclic) bond motifs is 4. The summed E-state index contributed by atoms with van der Waals surface area (Å²) in [6.45, 7) is 0. The zero-order chi connectivity index (χ0) is 19.2. The van der Waals surface area contributed by atoms with Crippen molar-refractivity contribution >= 4 is 43.5 Å². The van der Waals surface area contributed by atoms with Gasteiger partial charge in [0.15, 0.2) is 0 Å². The third kappa shape index (κ3) is 2.88. The molecule has 6 aromatic rings. The fourth-order valence-corrected chi connectivity index (χ4v) is 4.06. The molecule has 0 aliphatic rings. The summed E-state index contributed by atoms with van der Waals surface area (Å²) in [6.07, 6.45) is 6.32. The number of pyridine rings is 1. The van der Waals surface area contributed by atoms with Crippen molar-refractivity contribution in [2.24, 2.45) is 0 Å². The van der Waals surface area contributed by atoms with Gasteiger partial charge >= 0.3 is 0 Å². The van der Waals surface area contributed by atoms with Crippen LogP contribution in [0.25, 0.3) is 43.5 Å². The molecule has 0 fully saturated rings. The SMILES string of the molecule is c1ccc2cc3ncc(Cc4ccc5cc6nccnc6cc5c4)cc3cc2c1. The molecule has 0 aliphatic heterocycles. The van der Waals surface area contributed by atoms with E-state index in [1.165, 1.54) is 38.1 Å². The Kier molecular flexibility index (Phi) is 3.53. The van der Waals surface area contributed by atoms with Crippen LogP contribution in [0.4, 0.5) is 0 Å². The van der Waals surface area contributed by atoms with Gasteiger partial charge in [-0.05, 0) is 69.4 Å². The molecule has 0 amide bonds. The van der Waals surface area contributed by atoms with Crippen LogP contribution in [0.2, 0.25) is 0 Å². The summed E-state index contributed by atoms with van der Waals surface area (Å²) < 4.78 is 0. The molecule has 4 aromatic carbocycles. The molecule has 0 saturated heterocycles. The summed E-state index contributed by atoms with van der Waals surface area (Å²) in [5, 5.41) is 6.03. The third-order valence-corrected chi connectivity index (χ3v) is 5.51. The molecular formula is C26H17N3. The first-order chi connectivity index (χ1) is 14.3. The number of hydrogen-bond acceptors (Lipinski definition) is 3. The molecule has 3 heteroatoms. The summed E-state index contributed by atoms with van der Waals surface area (Å²) in [5.74, 6) is 0. The van der Waals surface area contributed by atoms with E-state index in [1.54, 1.807) is 12.4 Å². The van der Waals surface area contributed by atoms with Crippen LogP contribution in [0.15, 0.2) is 91.4 Å². The van der Waals surface area contributed by atoms with Gasteiger partial charge in [0, 0.05) is 24.0 Å². The molecule has 0 spiro atoms. The molecule has 0 radical (unpaired) electrons. The molecule has 2 heterocycles. The third-order valence-electron chi connectivity index (χ3n) is 5.51. The minimum absolute atomic E-state index is 0.851. The molecule has 0 aliphatic carbocycles. The second kappa shape index (κ2) is 6.35. The van der Waals surface area contributed by atoms with Crippen LogP contribution in [0.1, 0.15) is 11.1 Å². The fraction of sp³-hybridized carbons (Fsp3) is 0.0385. The predicted molar refractivity (Wildman–Crippen MR) is 119 cm³/mol. The lowest BCUT2D eigenvalue weighted by molar-refractivity contribution is 1.17. The molecule has 0 saturated carbocycles. The highest BCUT2D eigenvalue weighted by Gasteiger charge is 2.05. The molecule has 0 N–H and O–H groups in total. The van der Waals surface area contributed by atoms with Crippen molar-refractivity contribution in [3.63, 3.8) is 0 Å². The number of nitrogens with zero attached hydrogens (tertiary/aromatic N) is 3. The quantitative estimate of drug-likeness (QED) is 0.347. The summed E-state index contributed by atoms with van der Waals surface area (Å²) in [5.41, 5.74) is 5.38. The van der Waals surface area contributed by atoms with Gasteiger partial charge in [-0.2, -0.15) is 0 Å². The van der Waals surface area contributed by atoms with Gasteiger partial charge in [0.1, 0.15) is 0 Å². The number of rotatable bonds is 2. The minimum atomic E-state index is 0.851. The van der Waals surface area contributed by atoms with Crippen LogP contribution in [-0.2, 0) is 6.42 Å². The lowest BCUT2D eigenvalue weighted by Crippen LogP contribution is -1.91. The first-order valence-electron chi connectivity index (χ1n) is 9.73. The molecule has 2 aromatic heterocycles. The number of hydrogen-bond donors (Lipinski definition) is 0. The molecule has 3 nitrogen and oxygen atoms in total. The van der Waals surface area contributed by atoms with Crippen molar-refractivity contribution in [3.8, 4) is 0 Å². The van der Waals surface area contributed by atoms with Crippen molar-refractivity contribution in [3.05, 3.63) is 103 Å². The average molecular weight is 371 g/mol. The van der Waals surface area contributed by atoms with Gasteiger partial charge in [0.05, 0.1) is 16.6 Å². The van der Waals surface area contributed by atoms with Crippen molar-refractivity contribution in [2.45, 2.75) is 6.42 Å². The maximum Gasteiger partial charge on any atom is 0.0893 e. The van der Waals surface area contributed by atoms with Crippen LogP contribution >= 0.6 is 0 Å². The van der Waals surface area contributed by atoms with Crippen molar-refractivity contribution in [1.82, 2.24) is 15.0 Å². The standard InChI is InChI=1S/C26H17N3/c1-2-4-20-13-24-23(12-19(20)3-1)11-18(16-29-24)9-17-5-6-21-14-25-26(15-22(21)10-17)28-8-7-27-25/h1-8,10-16H,9H2. The highest BCUT2D eigenvalue weighted by Crippen LogP contribution is 2.25. The van der Waals surface area contributed by atoms with Gasteiger partial charge < -0.3 is 0 Å². The second-order valence-electron chi connectivity index (χ2n) is 7.49. The first kappa shape index (κ1) is 16.1. The Morgan fingerprint density at radius 3 is 1.97 bits per heavy atom. The highest BCUT2D eigenvalue weighted by atomic mass is 14.8. The van der Waals surface area contributed by atoms with Gasteiger partial charge in [0.2, 0.25) is 0 Å². The zero-order valence-electron chi connectivity index (χ0n) is 15.7. The lowest BCUT2D eigenvalue weighted by Gasteiger charge is -2.07. The molecule has 0 bridgehead atoms. The maximum atomic E-state index is 4.71. The monoisotopic (exact) mass is 371 g/mol. The van der Waals surface area contributed by atoms with Crippen LogP contribution < -0.4 is 0 Å². The molecule has 0 unspecified atom stereocenters. The average Bonchev–Trinajstić information content (AvgIpc) is 2.76. The van der Waals surface area contributed by atoms with Crippen LogP contribution in [0, 0.1) is 0 Å². The van der Waals surface area contributed by atoms with E-state index in [2.05, 4.69) is 82.8 Å². The van der Waals surface area contributed by atoms with E-state index in [1.807, 2.05) is 6.20 Å². The Labute approximate surface area is 167 Å². The van der Waals surface area contributed by atoms with E-state index in [0.29, 0.717) is 0 Å². The Morgan fingerprint density at radius 1 is 0.483 bits per heavy atom. The van der Waals surface area contributed by atoms with E-state index in [4.69, 9.17) is 4.98 Å². The van der Waals surface area contributed by atoms with E-state index in [9.17, 15) is 0 Å². The van der Waals surface area contributed by atoms with Crippen molar-refractivity contribution < 1.29 is 0 Å². The highest BCUT2D eigenvalue weighted by molar-refractivity contribution is 5.97. The fourth-order valence-electron chi connectivity index (χ4n) is 4.06. The number of aromatic nitrogens is 3. The molecule has 6 rings (SSSR count). The van der Waals surface area contributed by atoms with Crippen LogP contribution in [0.3, 0.4) is 0 Å². The Bertz CT molecular complexity index is 1420. The van der Waals surface area contributed by atoms with Gasteiger partial charge in [-0.15, -0.1) is 0 Å². The first-order valence-corrected chi connectivity index (χ1v) is 9.73. The minimum Gasteiger partial charge on any atom is -0.256 e. The van der Waals surface area contributed by atoms with Gasteiger partial charge in [-0.3, -0.25) is 15.0 Å². The maximum absolute atomic E-state index is 4.71. The summed E-state index contributed by atoms with van der Waals surface area (Å²) in [4.78, 5) is 13.5. The van der Waals surface area contributed by atoms with Gasteiger partial charge in [-0.25, -0.2) is 0 Å². The Morgan fingerprint density at radius 2 is 1.14 bits per heavy atom. The number of benzene rings is 4. The van der Waals surface area contributed by atoms with Gasteiger partial charge in [-0.1, -0.05) is 42.5 Å². The van der Waals surface area contributed by atoms with Crippen molar-refractivity contribution in [1.29, 1.82) is 0 Å². The Hall–Kier alpha value is -3.85. The van der Waals surface area contributed by atoms with E-state index in [0.717, 1.165) is 23.0 Å². The normalized spacial score (nSPS) is 11.6. The van der Waals surface area contributed by atoms with Crippen molar-refractivity contribution in [2.75, 3.05) is 0 Å². The largest absolute Gasteiger partial charge is 0.256 e. The molecule has 136 valence electrons. The van der Waals surface area contributed by atoms with Gasteiger partial charge in [0.25, 0.3) is 0 Å². The second-order valence-corrected chi connectivity index (χ2v) is 7.49. The summed E-state index contributed by atoms with van der Waals surface area (Å²) >= 11 is 0. The lowest BCUT2D eigenvalue weighted by atomic mass is 10.00. The van der Waals surface area contributed by atoms with E-state index < -0.39 is 0 Å². The summed E-state index contributed by atoms with van der Waals surface area (Å²) in [6, 6.07) is 25.9. The van der Waals surface area contributed by atoms with E-state index in [-0.39, 0.29) is 0 Å². The molecular weight excluding hydrogens is 354 g/mol. The molecule has 0 atom stereocenters. The topological polar surface area (TPSA) is 38.7 Å². The van der Waals surface area contributed by atoms with Crippen LogP contribution in [-0.4, -0.2) is 15.0 Å². The summed E-state index contributed by atoms with van der Waals surface area (Å²) in [7, 11) is 0. The van der Waals surface area contributed by atoms with Crippen LogP contribution in [0.5, 0.6) is 0 Å². The smallest absolute Gasteiger partial charge is 0.0893 e. The zero-order valence-corrected chi connectivity index (χ0v) is 15.7. The predicted octanol–water partition coefficient (Wildman–Crippen LogP) is 6.08. The van der Waals surface area contributed by atoms with E-state index >= 15 is 0 Å².